The van der Waals surface area contributed by atoms with Gasteiger partial charge in [-0.25, -0.2) is 15.0 Å². The van der Waals surface area contributed by atoms with Crippen LogP contribution in [0.15, 0.2) is 67.4 Å². The normalized spacial score (nSPS) is 17.0. The number of hydrogen-bond acceptors (Lipinski definition) is 5. The zero-order chi connectivity index (χ0) is 21.5. The van der Waals surface area contributed by atoms with Crippen LogP contribution in [0.25, 0.3) is 5.95 Å². The second-order valence-electron chi connectivity index (χ2n) is 9.00. The van der Waals surface area contributed by atoms with Gasteiger partial charge in [0.05, 0.1) is 12.2 Å². The van der Waals surface area contributed by atoms with Crippen LogP contribution in [0, 0.1) is 6.92 Å². The summed E-state index contributed by atoms with van der Waals surface area (Å²) in [6, 6.07) is 18.4. The van der Waals surface area contributed by atoms with E-state index in [9.17, 15) is 0 Å². The third-order valence-corrected chi connectivity index (χ3v) is 7.15. The Labute approximate surface area is 188 Å². The van der Waals surface area contributed by atoms with Gasteiger partial charge in [0.1, 0.15) is 12.7 Å². The minimum absolute atomic E-state index is 0.181. The fourth-order valence-corrected chi connectivity index (χ4v) is 5.07. The van der Waals surface area contributed by atoms with Crippen LogP contribution < -0.4 is 4.90 Å². The molecule has 6 nitrogen and oxygen atoms in total. The van der Waals surface area contributed by atoms with Crippen molar-refractivity contribution in [2.24, 2.45) is 0 Å². The van der Waals surface area contributed by atoms with Crippen molar-refractivity contribution in [1.29, 1.82) is 0 Å². The first-order valence-corrected chi connectivity index (χ1v) is 11.3. The van der Waals surface area contributed by atoms with Crippen LogP contribution in [-0.2, 0) is 18.4 Å². The van der Waals surface area contributed by atoms with E-state index in [1.165, 1.54) is 53.5 Å². The molecule has 1 aliphatic heterocycles. The van der Waals surface area contributed by atoms with E-state index in [-0.39, 0.29) is 5.41 Å². The maximum Gasteiger partial charge on any atom is 0.252 e. The van der Waals surface area contributed by atoms with Crippen molar-refractivity contribution >= 4 is 5.69 Å². The van der Waals surface area contributed by atoms with E-state index in [0.717, 1.165) is 25.2 Å². The van der Waals surface area contributed by atoms with Gasteiger partial charge < -0.3 is 4.90 Å². The SMILES string of the molecule is Cc1ccc(C2(c3ccc(N4CCc5cnc(-n6cncn6)nc5C4)cc3)CCC2)cc1. The molecular formula is C26H26N6. The second-order valence-corrected chi connectivity index (χ2v) is 9.00. The van der Waals surface area contributed by atoms with E-state index in [4.69, 9.17) is 4.98 Å². The summed E-state index contributed by atoms with van der Waals surface area (Å²) in [5.41, 5.74) is 7.92. The first-order valence-electron chi connectivity index (χ1n) is 11.3. The van der Waals surface area contributed by atoms with Gasteiger partial charge in [-0.2, -0.15) is 9.78 Å². The van der Waals surface area contributed by atoms with Gasteiger partial charge in [-0.3, -0.25) is 0 Å². The Balaban J connectivity index is 1.25. The standard InChI is InChI=1S/C26H26N6/c1-19-3-5-21(6-4-19)26(12-2-13-26)22-7-9-23(10-8-22)31-14-11-20-15-28-25(30-24(20)16-31)32-18-27-17-29-32/h3-10,15,17-18H,2,11-14,16H2,1H3. The van der Waals surface area contributed by atoms with Gasteiger partial charge in [0.2, 0.25) is 0 Å². The van der Waals surface area contributed by atoms with Crippen molar-refractivity contribution in [3.63, 3.8) is 0 Å². The van der Waals surface area contributed by atoms with Crippen LogP contribution in [0.5, 0.6) is 0 Å². The third kappa shape index (κ3) is 3.18. The minimum Gasteiger partial charge on any atom is -0.365 e. The molecule has 0 radical (unpaired) electrons. The van der Waals surface area contributed by atoms with Gasteiger partial charge in [-0.15, -0.1) is 0 Å². The molecule has 32 heavy (non-hydrogen) atoms. The van der Waals surface area contributed by atoms with Crippen LogP contribution in [0.4, 0.5) is 5.69 Å². The zero-order valence-electron chi connectivity index (χ0n) is 18.3. The first kappa shape index (κ1) is 19.2. The van der Waals surface area contributed by atoms with E-state index >= 15 is 0 Å². The lowest BCUT2D eigenvalue weighted by Crippen LogP contribution is -2.35. The molecule has 6 heteroatoms. The Kier molecular flexibility index (Phi) is 4.52. The van der Waals surface area contributed by atoms with Gasteiger partial charge in [-0.05, 0) is 55.0 Å². The largest absolute Gasteiger partial charge is 0.365 e. The Bertz CT molecular complexity index is 1220. The lowest BCUT2D eigenvalue weighted by atomic mass is 9.60. The summed E-state index contributed by atoms with van der Waals surface area (Å²) in [7, 11) is 0. The summed E-state index contributed by atoms with van der Waals surface area (Å²) < 4.78 is 1.61. The number of nitrogens with zero attached hydrogens (tertiary/aromatic N) is 6. The van der Waals surface area contributed by atoms with Gasteiger partial charge in [0, 0.05) is 23.8 Å². The Hall–Kier alpha value is -3.54. The third-order valence-electron chi connectivity index (χ3n) is 7.15. The van der Waals surface area contributed by atoms with E-state index in [2.05, 4.69) is 75.4 Å². The van der Waals surface area contributed by atoms with E-state index < -0.39 is 0 Å². The number of anilines is 1. The van der Waals surface area contributed by atoms with Crippen molar-refractivity contribution in [1.82, 2.24) is 24.7 Å². The summed E-state index contributed by atoms with van der Waals surface area (Å²) in [5.74, 6) is 0.573. The highest BCUT2D eigenvalue weighted by molar-refractivity contribution is 5.53. The summed E-state index contributed by atoms with van der Waals surface area (Å²) in [6.07, 6.45) is 9.77. The molecule has 2 aromatic carbocycles. The second kappa shape index (κ2) is 7.55. The number of hydrogen-bond donors (Lipinski definition) is 0. The number of benzene rings is 2. The van der Waals surface area contributed by atoms with Crippen LogP contribution in [0.1, 0.15) is 47.2 Å². The van der Waals surface area contributed by atoms with Crippen molar-refractivity contribution in [3.05, 3.63) is 95.3 Å². The molecule has 1 saturated carbocycles. The maximum atomic E-state index is 4.77. The predicted molar refractivity (Wildman–Crippen MR) is 124 cm³/mol. The van der Waals surface area contributed by atoms with Gasteiger partial charge in [-0.1, -0.05) is 48.4 Å². The van der Waals surface area contributed by atoms with Crippen molar-refractivity contribution in [2.45, 2.75) is 44.6 Å². The van der Waals surface area contributed by atoms with Gasteiger partial charge in [0.25, 0.3) is 5.95 Å². The molecule has 0 atom stereocenters. The highest BCUT2D eigenvalue weighted by Gasteiger charge is 2.40. The molecule has 1 fully saturated rings. The molecule has 6 rings (SSSR count). The van der Waals surface area contributed by atoms with Crippen molar-refractivity contribution in [3.8, 4) is 5.95 Å². The minimum atomic E-state index is 0.181. The molecular weight excluding hydrogens is 396 g/mol. The van der Waals surface area contributed by atoms with Crippen LogP contribution in [-0.4, -0.2) is 31.3 Å². The molecule has 0 bridgehead atoms. The average Bonchev–Trinajstić information content (AvgIpc) is 3.34. The van der Waals surface area contributed by atoms with Crippen LogP contribution >= 0.6 is 0 Å². The molecule has 0 saturated heterocycles. The van der Waals surface area contributed by atoms with E-state index in [0.29, 0.717) is 5.95 Å². The quantitative estimate of drug-likeness (QED) is 0.488. The monoisotopic (exact) mass is 422 g/mol. The molecule has 3 heterocycles. The molecule has 0 amide bonds. The lowest BCUT2D eigenvalue weighted by Gasteiger charge is -2.43. The summed E-state index contributed by atoms with van der Waals surface area (Å²) in [6.45, 7) is 3.91. The summed E-state index contributed by atoms with van der Waals surface area (Å²) in [4.78, 5) is 15.6. The molecule has 0 N–H and O–H groups in total. The smallest absolute Gasteiger partial charge is 0.252 e. The molecule has 4 aromatic rings. The van der Waals surface area contributed by atoms with Crippen LogP contribution in [0.2, 0.25) is 0 Å². The number of fused-ring (bicyclic) bond motifs is 1. The van der Waals surface area contributed by atoms with Gasteiger partial charge >= 0.3 is 0 Å². The summed E-state index contributed by atoms with van der Waals surface area (Å²) in [5, 5.41) is 4.16. The van der Waals surface area contributed by atoms with Crippen LogP contribution in [0.3, 0.4) is 0 Å². The Morgan fingerprint density at radius 3 is 2.34 bits per heavy atom. The van der Waals surface area contributed by atoms with Crippen molar-refractivity contribution in [2.75, 3.05) is 11.4 Å². The van der Waals surface area contributed by atoms with Crippen molar-refractivity contribution < 1.29 is 0 Å². The Morgan fingerprint density at radius 2 is 1.69 bits per heavy atom. The number of aryl methyl sites for hydroxylation is 1. The molecule has 1 aliphatic carbocycles. The molecule has 2 aromatic heterocycles. The topological polar surface area (TPSA) is 59.7 Å². The average molecular weight is 423 g/mol. The molecule has 160 valence electrons. The van der Waals surface area contributed by atoms with E-state index in [1.54, 1.807) is 11.0 Å². The van der Waals surface area contributed by atoms with E-state index in [1.807, 2.05) is 6.20 Å². The fraction of sp³-hybridized carbons (Fsp3) is 0.308. The first-order chi connectivity index (χ1) is 15.7. The Morgan fingerprint density at radius 1 is 0.938 bits per heavy atom. The lowest BCUT2D eigenvalue weighted by molar-refractivity contribution is 0.301. The molecule has 0 spiro atoms. The fourth-order valence-electron chi connectivity index (χ4n) is 5.07. The number of aromatic nitrogens is 5. The highest BCUT2D eigenvalue weighted by Crippen LogP contribution is 2.49. The molecule has 2 aliphatic rings. The summed E-state index contributed by atoms with van der Waals surface area (Å²) >= 11 is 0. The number of rotatable bonds is 4. The maximum absolute atomic E-state index is 4.77. The zero-order valence-corrected chi connectivity index (χ0v) is 18.3. The predicted octanol–water partition coefficient (Wildman–Crippen LogP) is 4.40. The highest BCUT2D eigenvalue weighted by atomic mass is 15.4. The van der Waals surface area contributed by atoms with Gasteiger partial charge in [0.15, 0.2) is 0 Å². The molecule has 0 unspecified atom stereocenters.